The molecule has 8 heteroatoms. The lowest BCUT2D eigenvalue weighted by atomic mass is 9.47. The first kappa shape index (κ1) is 23.8. The molecule has 0 spiro atoms. The summed E-state index contributed by atoms with van der Waals surface area (Å²) in [5.41, 5.74) is 5.72. The molecule has 4 aliphatic carbocycles. The Hall–Kier alpha value is -2.90. The number of pyridine rings is 1. The summed E-state index contributed by atoms with van der Waals surface area (Å²) in [5, 5.41) is 3.31. The number of amides is 2. The lowest BCUT2D eigenvalue weighted by molar-refractivity contribution is -0.148. The number of nitrogens with zero attached hydrogens (tertiary/aromatic N) is 1. The van der Waals surface area contributed by atoms with Gasteiger partial charge in [-0.1, -0.05) is 24.3 Å². The number of halogens is 3. The summed E-state index contributed by atoms with van der Waals surface area (Å²) in [5.74, 6) is 0.823. The molecule has 2 amide bonds. The van der Waals surface area contributed by atoms with Gasteiger partial charge in [-0.3, -0.25) is 14.6 Å². The monoisotopic (exact) mass is 485 g/mol. The Bertz CT molecular complexity index is 1130. The molecule has 2 atom stereocenters. The van der Waals surface area contributed by atoms with Crippen LogP contribution in [-0.4, -0.2) is 22.8 Å². The number of alkyl halides is 3. The lowest BCUT2D eigenvalue weighted by Crippen LogP contribution is -2.63. The molecule has 4 saturated carbocycles. The third kappa shape index (κ3) is 4.10. The van der Waals surface area contributed by atoms with E-state index in [1.54, 1.807) is 12.1 Å². The van der Waals surface area contributed by atoms with Crippen LogP contribution in [0.15, 0.2) is 42.6 Å². The van der Waals surface area contributed by atoms with Crippen molar-refractivity contribution in [1.82, 2.24) is 10.3 Å². The highest BCUT2D eigenvalue weighted by Gasteiger charge is 2.58. The molecule has 0 saturated heterocycles. The molecule has 3 N–H and O–H groups in total. The van der Waals surface area contributed by atoms with E-state index in [4.69, 9.17) is 5.73 Å². The van der Waals surface area contributed by atoms with E-state index in [0.29, 0.717) is 17.2 Å². The Morgan fingerprint density at radius 1 is 0.971 bits per heavy atom. The maximum atomic E-state index is 13.4. The van der Waals surface area contributed by atoms with E-state index in [1.807, 2.05) is 26.0 Å². The first-order valence-corrected chi connectivity index (χ1v) is 12.1. The van der Waals surface area contributed by atoms with E-state index >= 15 is 0 Å². The quantitative estimate of drug-likeness (QED) is 0.636. The fourth-order valence-electron chi connectivity index (χ4n) is 6.81. The highest BCUT2D eigenvalue weighted by molar-refractivity contribution is 5.88. The summed E-state index contributed by atoms with van der Waals surface area (Å²) in [6.45, 7) is 3.74. The zero-order valence-electron chi connectivity index (χ0n) is 19.9. The molecule has 2 aromatic rings. The smallest absolute Gasteiger partial charge is 0.369 e. The molecule has 2 unspecified atom stereocenters. The molecule has 4 fully saturated rings. The molecule has 35 heavy (non-hydrogen) atoms. The van der Waals surface area contributed by atoms with Crippen LogP contribution in [0, 0.1) is 23.2 Å². The van der Waals surface area contributed by atoms with Crippen LogP contribution in [0.5, 0.6) is 0 Å². The number of benzene rings is 1. The predicted octanol–water partition coefficient (Wildman–Crippen LogP) is 4.84. The van der Waals surface area contributed by atoms with Gasteiger partial charge in [-0.05, 0) is 81.4 Å². The van der Waals surface area contributed by atoms with Gasteiger partial charge in [-0.15, -0.1) is 0 Å². The molecule has 1 heterocycles. The maximum Gasteiger partial charge on any atom is 0.417 e. The normalized spacial score (nSPS) is 29.7. The van der Waals surface area contributed by atoms with Gasteiger partial charge in [0.25, 0.3) is 0 Å². The van der Waals surface area contributed by atoms with E-state index in [2.05, 4.69) is 10.3 Å². The molecule has 0 aliphatic heterocycles. The molecular formula is C27H30F3N3O2. The Morgan fingerprint density at radius 3 is 2.09 bits per heavy atom. The zero-order chi connectivity index (χ0) is 25.2. The van der Waals surface area contributed by atoms with Crippen LogP contribution in [0.3, 0.4) is 0 Å². The molecule has 0 radical (unpaired) electrons. The molecule has 4 aliphatic rings. The lowest BCUT2D eigenvalue weighted by Gasteiger charge is -2.59. The van der Waals surface area contributed by atoms with Crippen LogP contribution >= 0.6 is 0 Å². The molecule has 4 bridgehead atoms. The largest absolute Gasteiger partial charge is 0.417 e. The zero-order valence-corrected chi connectivity index (χ0v) is 19.9. The number of carbonyl (C=O) groups is 2. The number of carbonyl (C=O) groups excluding carboxylic acids is 2. The second-order valence-corrected chi connectivity index (χ2v) is 11.2. The average molecular weight is 486 g/mol. The summed E-state index contributed by atoms with van der Waals surface area (Å²) < 4.78 is 38.4. The number of primary amides is 1. The molecule has 1 aromatic carbocycles. The predicted molar refractivity (Wildman–Crippen MR) is 125 cm³/mol. The number of rotatable bonds is 5. The number of nitrogens with one attached hydrogen (secondary N) is 1. The molecular weight excluding hydrogens is 455 g/mol. The minimum atomic E-state index is -4.43. The van der Waals surface area contributed by atoms with E-state index in [-0.39, 0.29) is 29.7 Å². The van der Waals surface area contributed by atoms with Crippen LogP contribution in [0.2, 0.25) is 0 Å². The van der Waals surface area contributed by atoms with Gasteiger partial charge in [0, 0.05) is 23.2 Å². The van der Waals surface area contributed by atoms with Crippen molar-refractivity contribution in [3.8, 4) is 11.3 Å². The van der Waals surface area contributed by atoms with Crippen molar-refractivity contribution in [1.29, 1.82) is 0 Å². The Morgan fingerprint density at radius 2 is 1.57 bits per heavy atom. The highest BCUT2D eigenvalue weighted by Crippen LogP contribution is 2.60. The van der Waals surface area contributed by atoms with Gasteiger partial charge < -0.3 is 11.1 Å². The van der Waals surface area contributed by atoms with Gasteiger partial charge in [0.15, 0.2) is 0 Å². The highest BCUT2D eigenvalue weighted by atomic mass is 19.4. The van der Waals surface area contributed by atoms with E-state index in [9.17, 15) is 22.8 Å². The van der Waals surface area contributed by atoms with Gasteiger partial charge in [0.1, 0.15) is 0 Å². The Labute approximate surface area is 202 Å². The minimum absolute atomic E-state index is 0.0569. The number of nitrogens with two attached hydrogens (primary N) is 1. The average Bonchev–Trinajstić information content (AvgIpc) is 2.80. The van der Waals surface area contributed by atoms with E-state index in [0.717, 1.165) is 49.9 Å². The minimum Gasteiger partial charge on any atom is -0.369 e. The van der Waals surface area contributed by atoms with E-state index < -0.39 is 22.6 Å². The second-order valence-electron chi connectivity index (χ2n) is 11.2. The van der Waals surface area contributed by atoms with Crippen LogP contribution in [0.25, 0.3) is 11.3 Å². The third-order valence-corrected chi connectivity index (χ3v) is 8.65. The van der Waals surface area contributed by atoms with Gasteiger partial charge in [-0.25, -0.2) is 0 Å². The Balaban J connectivity index is 1.29. The van der Waals surface area contributed by atoms with Crippen LogP contribution in [-0.2, 0) is 21.2 Å². The summed E-state index contributed by atoms with van der Waals surface area (Å²) in [7, 11) is 0. The van der Waals surface area contributed by atoms with Crippen LogP contribution < -0.4 is 11.1 Å². The van der Waals surface area contributed by atoms with Crippen LogP contribution in [0.1, 0.15) is 57.1 Å². The van der Waals surface area contributed by atoms with Crippen molar-refractivity contribution >= 4 is 11.8 Å². The summed E-state index contributed by atoms with van der Waals surface area (Å²) in [4.78, 5) is 29.6. The van der Waals surface area contributed by atoms with Gasteiger partial charge in [0.05, 0.1) is 16.7 Å². The third-order valence-electron chi connectivity index (χ3n) is 8.65. The van der Waals surface area contributed by atoms with Crippen molar-refractivity contribution < 1.29 is 22.8 Å². The SMILES string of the molecule is CC(C)(C(=O)NC1C2CC3CC1CC(C(N)=O)(C3)C2)c1ccc(-c2ccc(C(F)(F)F)cn2)cc1. The van der Waals surface area contributed by atoms with Crippen LogP contribution in [0.4, 0.5) is 13.2 Å². The molecule has 6 rings (SSSR count). The van der Waals surface area contributed by atoms with Gasteiger partial charge >= 0.3 is 6.18 Å². The van der Waals surface area contributed by atoms with Gasteiger partial charge in [0.2, 0.25) is 11.8 Å². The van der Waals surface area contributed by atoms with Crippen molar-refractivity contribution in [2.24, 2.45) is 28.9 Å². The summed E-state index contributed by atoms with van der Waals surface area (Å²) in [6, 6.07) is 9.63. The Kier molecular flexibility index (Phi) is 5.49. The summed E-state index contributed by atoms with van der Waals surface area (Å²) >= 11 is 0. The number of aromatic nitrogens is 1. The first-order chi connectivity index (χ1) is 16.4. The number of hydrogen-bond donors (Lipinski definition) is 2. The molecule has 5 nitrogen and oxygen atoms in total. The number of hydrogen-bond acceptors (Lipinski definition) is 3. The van der Waals surface area contributed by atoms with Crippen molar-refractivity contribution in [3.63, 3.8) is 0 Å². The van der Waals surface area contributed by atoms with E-state index in [1.165, 1.54) is 6.07 Å². The first-order valence-electron chi connectivity index (χ1n) is 12.1. The maximum absolute atomic E-state index is 13.4. The second kappa shape index (κ2) is 8.07. The van der Waals surface area contributed by atoms with Crippen molar-refractivity contribution in [3.05, 3.63) is 53.7 Å². The fraction of sp³-hybridized carbons (Fsp3) is 0.519. The molecule has 1 aromatic heterocycles. The van der Waals surface area contributed by atoms with Crippen molar-refractivity contribution in [2.75, 3.05) is 0 Å². The van der Waals surface area contributed by atoms with Gasteiger partial charge in [-0.2, -0.15) is 13.2 Å². The fourth-order valence-corrected chi connectivity index (χ4v) is 6.81. The standard InChI is InChI=1S/C27H30F3N3O2/c1-25(2,19-5-3-16(4-6-19)21-8-7-20(14-32-21)27(28,29)30)24(35)33-22-17-9-15-10-18(22)13-26(11-15,12-17)23(31)34/h3-8,14-15,17-18,22H,9-13H2,1-2H3,(H2,31,34)(H,33,35). The van der Waals surface area contributed by atoms with Crippen molar-refractivity contribution in [2.45, 2.75) is 63.6 Å². The topological polar surface area (TPSA) is 85.1 Å². The molecule has 186 valence electrons. The summed E-state index contributed by atoms with van der Waals surface area (Å²) in [6.07, 6.45) is 0.878.